The molecular weight excluding hydrogens is 345 g/mol. The molecule has 0 radical (unpaired) electrons. The largest absolute Gasteiger partial charge is 0.350 e. The molecular formula is C19H19F3N2O2. The average Bonchev–Trinajstić information content (AvgIpc) is 2.58. The second-order valence-electron chi connectivity index (χ2n) is 6.14. The number of carbonyl (C=O) groups is 2. The monoisotopic (exact) mass is 364 g/mol. The third-order valence-electron chi connectivity index (χ3n) is 3.81. The standard InChI is InChI=1S/C19H19F3N2O2/c1-11(2)17(19(26)23-10-12-6-8-13(20)9-7-12)24-18(25)16-14(21)4-3-5-15(16)22/h3-9,11,17H,10H2,1-2H3,(H,23,26)(H,24,25)/t17-/m0/s1. The van der Waals surface area contributed by atoms with Crippen LogP contribution in [0.4, 0.5) is 13.2 Å². The average molecular weight is 364 g/mol. The molecule has 0 fully saturated rings. The van der Waals surface area contributed by atoms with Crippen LogP contribution < -0.4 is 10.6 Å². The van der Waals surface area contributed by atoms with E-state index in [1.807, 2.05) is 0 Å². The molecule has 0 aliphatic rings. The predicted octanol–water partition coefficient (Wildman–Crippen LogP) is 3.17. The van der Waals surface area contributed by atoms with Crippen LogP contribution >= 0.6 is 0 Å². The molecule has 0 aromatic heterocycles. The van der Waals surface area contributed by atoms with Crippen molar-refractivity contribution in [1.29, 1.82) is 0 Å². The lowest BCUT2D eigenvalue weighted by atomic mass is 10.0. The number of hydrogen-bond acceptors (Lipinski definition) is 2. The van der Waals surface area contributed by atoms with Gasteiger partial charge in [-0.3, -0.25) is 9.59 Å². The highest BCUT2D eigenvalue weighted by Crippen LogP contribution is 2.13. The van der Waals surface area contributed by atoms with Gasteiger partial charge in [-0.25, -0.2) is 13.2 Å². The van der Waals surface area contributed by atoms with E-state index in [1.165, 1.54) is 24.3 Å². The van der Waals surface area contributed by atoms with E-state index in [4.69, 9.17) is 0 Å². The summed E-state index contributed by atoms with van der Waals surface area (Å²) in [4.78, 5) is 24.6. The fourth-order valence-electron chi connectivity index (χ4n) is 2.36. The highest BCUT2D eigenvalue weighted by molar-refractivity contribution is 5.98. The van der Waals surface area contributed by atoms with Crippen molar-refractivity contribution in [3.8, 4) is 0 Å². The summed E-state index contributed by atoms with van der Waals surface area (Å²) in [5.41, 5.74) is -0.0572. The number of nitrogens with one attached hydrogen (secondary N) is 2. The summed E-state index contributed by atoms with van der Waals surface area (Å²) in [7, 11) is 0. The third kappa shape index (κ3) is 4.84. The lowest BCUT2D eigenvalue weighted by Crippen LogP contribution is -2.49. The van der Waals surface area contributed by atoms with Gasteiger partial charge in [-0.05, 0) is 35.7 Å². The van der Waals surface area contributed by atoms with Gasteiger partial charge in [-0.1, -0.05) is 32.0 Å². The number of benzene rings is 2. The van der Waals surface area contributed by atoms with Gasteiger partial charge in [0.2, 0.25) is 5.91 Å². The maximum absolute atomic E-state index is 13.7. The molecule has 2 aromatic carbocycles. The van der Waals surface area contributed by atoms with Crippen molar-refractivity contribution in [2.24, 2.45) is 5.92 Å². The first-order valence-corrected chi connectivity index (χ1v) is 8.06. The first-order chi connectivity index (χ1) is 12.3. The van der Waals surface area contributed by atoms with Crippen molar-refractivity contribution >= 4 is 11.8 Å². The molecule has 1 atom stereocenters. The Balaban J connectivity index is 2.06. The summed E-state index contributed by atoms with van der Waals surface area (Å²) in [5, 5.41) is 4.99. The summed E-state index contributed by atoms with van der Waals surface area (Å²) < 4.78 is 40.3. The topological polar surface area (TPSA) is 58.2 Å². The van der Waals surface area contributed by atoms with Crippen LogP contribution in [0.5, 0.6) is 0 Å². The Labute approximate surface area is 149 Å². The zero-order valence-corrected chi connectivity index (χ0v) is 14.4. The van der Waals surface area contributed by atoms with Crippen LogP contribution in [-0.2, 0) is 11.3 Å². The van der Waals surface area contributed by atoms with Crippen molar-refractivity contribution in [2.75, 3.05) is 0 Å². The predicted molar refractivity (Wildman–Crippen MR) is 90.7 cm³/mol. The van der Waals surface area contributed by atoms with Gasteiger partial charge in [0.15, 0.2) is 0 Å². The van der Waals surface area contributed by atoms with Crippen LogP contribution in [-0.4, -0.2) is 17.9 Å². The number of halogens is 3. The van der Waals surface area contributed by atoms with E-state index in [2.05, 4.69) is 10.6 Å². The fourth-order valence-corrected chi connectivity index (χ4v) is 2.36. The molecule has 0 bridgehead atoms. The normalized spacial score (nSPS) is 11.9. The first kappa shape index (κ1) is 19.5. The highest BCUT2D eigenvalue weighted by Gasteiger charge is 2.27. The molecule has 2 amide bonds. The Morgan fingerprint density at radius 3 is 2.08 bits per heavy atom. The quantitative estimate of drug-likeness (QED) is 0.827. The summed E-state index contributed by atoms with van der Waals surface area (Å²) in [6, 6.07) is 7.68. The van der Waals surface area contributed by atoms with Crippen molar-refractivity contribution < 1.29 is 22.8 Å². The van der Waals surface area contributed by atoms with E-state index in [0.717, 1.165) is 18.2 Å². The fraction of sp³-hybridized carbons (Fsp3) is 0.263. The Hall–Kier alpha value is -2.83. The number of carbonyl (C=O) groups excluding carboxylic acids is 2. The molecule has 0 heterocycles. The summed E-state index contributed by atoms with van der Waals surface area (Å²) >= 11 is 0. The van der Waals surface area contributed by atoms with Crippen LogP contribution in [0, 0.1) is 23.4 Å². The summed E-state index contributed by atoms with van der Waals surface area (Å²) in [6.45, 7) is 3.52. The first-order valence-electron chi connectivity index (χ1n) is 8.06. The molecule has 0 unspecified atom stereocenters. The number of hydrogen-bond donors (Lipinski definition) is 2. The van der Waals surface area contributed by atoms with E-state index in [0.29, 0.717) is 5.56 Å². The van der Waals surface area contributed by atoms with E-state index in [1.54, 1.807) is 13.8 Å². The second-order valence-corrected chi connectivity index (χ2v) is 6.14. The van der Waals surface area contributed by atoms with E-state index < -0.39 is 35.1 Å². The van der Waals surface area contributed by atoms with Gasteiger partial charge in [-0.15, -0.1) is 0 Å². The third-order valence-corrected chi connectivity index (χ3v) is 3.81. The van der Waals surface area contributed by atoms with Crippen molar-refractivity contribution in [3.63, 3.8) is 0 Å². The molecule has 2 N–H and O–H groups in total. The SMILES string of the molecule is CC(C)[C@H](NC(=O)c1c(F)cccc1F)C(=O)NCc1ccc(F)cc1. The molecule has 26 heavy (non-hydrogen) atoms. The van der Waals surface area contributed by atoms with E-state index in [-0.39, 0.29) is 18.3 Å². The summed E-state index contributed by atoms with van der Waals surface area (Å²) in [5.74, 6) is -4.22. The minimum absolute atomic E-state index is 0.131. The number of rotatable bonds is 6. The van der Waals surface area contributed by atoms with Crippen LogP contribution in [0.1, 0.15) is 29.8 Å². The van der Waals surface area contributed by atoms with Crippen LogP contribution in [0.3, 0.4) is 0 Å². The minimum atomic E-state index is -1.00. The Bertz CT molecular complexity index is 772. The van der Waals surface area contributed by atoms with Crippen molar-refractivity contribution in [2.45, 2.75) is 26.4 Å². The molecule has 2 aromatic rings. The molecule has 4 nitrogen and oxygen atoms in total. The molecule has 0 spiro atoms. The molecule has 7 heteroatoms. The molecule has 0 aliphatic carbocycles. The van der Waals surface area contributed by atoms with Crippen LogP contribution in [0.2, 0.25) is 0 Å². The van der Waals surface area contributed by atoms with Crippen molar-refractivity contribution in [3.05, 3.63) is 71.0 Å². The van der Waals surface area contributed by atoms with Gasteiger partial charge in [0.25, 0.3) is 5.91 Å². The zero-order valence-electron chi connectivity index (χ0n) is 14.4. The van der Waals surface area contributed by atoms with Gasteiger partial charge in [0, 0.05) is 6.54 Å². The summed E-state index contributed by atoms with van der Waals surface area (Å²) in [6.07, 6.45) is 0. The van der Waals surface area contributed by atoms with E-state index >= 15 is 0 Å². The lowest BCUT2D eigenvalue weighted by Gasteiger charge is -2.22. The van der Waals surface area contributed by atoms with Crippen molar-refractivity contribution in [1.82, 2.24) is 10.6 Å². The van der Waals surface area contributed by atoms with Crippen LogP contribution in [0.15, 0.2) is 42.5 Å². The highest BCUT2D eigenvalue weighted by atomic mass is 19.1. The maximum atomic E-state index is 13.7. The smallest absolute Gasteiger partial charge is 0.257 e. The van der Waals surface area contributed by atoms with Gasteiger partial charge in [0.05, 0.1) is 0 Å². The maximum Gasteiger partial charge on any atom is 0.257 e. The van der Waals surface area contributed by atoms with Gasteiger partial charge in [0.1, 0.15) is 29.1 Å². The Kier molecular flexibility index (Phi) is 6.38. The van der Waals surface area contributed by atoms with Gasteiger partial charge >= 0.3 is 0 Å². The molecule has 0 saturated heterocycles. The molecule has 2 rings (SSSR count). The molecule has 0 saturated carbocycles. The van der Waals surface area contributed by atoms with Gasteiger partial charge < -0.3 is 10.6 Å². The second kappa shape index (κ2) is 8.51. The van der Waals surface area contributed by atoms with E-state index in [9.17, 15) is 22.8 Å². The minimum Gasteiger partial charge on any atom is -0.350 e. The number of amides is 2. The zero-order chi connectivity index (χ0) is 19.3. The molecule has 138 valence electrons. The van der Waals surface area contributed by atoms with Gasteiger partial charge in [-0.2, -0.15) is 0 Å². The molecule has 0 aliphatic heterocycles. The Morgan fingerprint density at radius 1 is 0.962 bits per heavy atom. The van der Waals surface area contributed by atoms with Crippen LogP contribution in [0.25, 0.3) is 0 Å². The Morgan fingerprint density at radius 2 is 1.54 bits per heavy atom. The lowest BCUT2D eigenvalue weighted by molar-refractivity contribution is -0.124.